The number of hydrogen-bond donors (Lipinski definition) is 1. The molecule has 0 saturated heterocycles. The Hall–Kier alpha value is -1.20. The number of methoxy groups -OCH3 is 1. The molecule has 1 aromatic rings. The van der Waals surface area contributed by atoms with Gasteiger partial charge in [0.25, 0.3) is 0 Å². The topological polar surface area (TPSA) is 70.3 Å². The molecule has 0 amide bonds. The predicted octanol–water partition coefficient (Wildman–Crippen LogP) is 0.264. The van der Waals surface area contributed by atoms with Crippen LogP contribution in [-0.2, 0) is 15.9 Å². The van der Waals surface area contributed by atoms with Crippen LogP contribution in [0.5, 0.6) is 0 Å². The molecule has 0 aliphatic carbocycles. The van der Waals surface area contributed by atoms with Crippen molar-refractivity contribution in [2.75, 3.05) is 32.7 Å². The zero-order valence-corrected chi connectivity index (χ0v) is 8.27. The molecule has 0 aliphatic rings. The Morgan fingerprint density at radius 2 is 2.21 bits per heavy atom. The minimum absolute atomic E-state index is 0.492. The summed E-state index contributed by atoms with van der Waals surface area (Å²) in [5.74, 6) is 1.20. The standard InChI is InChI=1S/C9H15N3O2/c1-13-6-7-14-5-3-9-11-4-2-8(10)12-9/h2,4H,3,5-7H2,1H3,(H2,10,11,12). The van der Waals surface area contributed by atoms with Crippen LogP contribution >= 0.6 is 0 Å². The SMILES string of the molecule is COCCOCCc1nccc(N)n1. The van der Waals surface area contributed by atoms with Gasteiger partial charge in [-0.25, -0.2) is 9.97 Å². The Morgan fingerprint density at radius 3 is 2.93 bits per heavy atom. The fourth-order valence-corrected chi connectivity index (χ4v) is 0.943. The zero-order chi connectivity index (χ0) is 10.2. The van der Waals surface area contributed by atoms with Gasteiger partial charge >= 0.3 is 0 Å². The number of anilines is 1. The van der Waals surface area contributed by atoms with Crippen LogP contribution in [0.1, 0.15) is 5.82 Å². The van der Waals surface area contributed by atoms with Gasteiger partial charge in [-0.2, -0.15) is 0 Å². The highest BCUT2D eigenvalue weighted by Crippen LogP contribution is 1.97. The van der Waals surface area contributed by atoms with E-state index < -0.39 is 0 Å². The molecule has 14 heavy (non-hydrogen) atoms. The molecule has 0 fully saturated rings. The predicted molar refractivity (Wildman–Crippen MR) is 52.8 cm³/mol. The first-order valence-electron chi connectivity index (χ1n) is 4.47. The van der Waals surface area contributed by atoms with Gasteiger partial charge in [-0.15, -0.1) is 0 Å². The molecule has 0 unspecified atom stereocenters. The van der Waals surface area contributed by atoms with Crippen LogP contribution in [0.25, 0.3) is 0 Å². The van der Waals surface area contributed by atoms with E-state index in [9.17, 15) is 0 Å². The molecule has 0 aliphatic heterocycles. The summed E-state index contributed by atoms with van der Waals surface area (Å²) in [6, 6.07) is 1.66. The number of ether oxygens (including phenoxy) is 2. The van der Waals surface area contributed by atoms with Crippen molar-refractivity contribution in [2.45, 2.75) is 6.42 Å². The van der Waals surface area contributed by atoms with Crippen LogP contribution in [-0.4, -0.2) is 36.9 Å². The number of nitrogen functional groups attached to an aromatic ring is 1. The molecule has 0 aromatic carbocycles. The van der Waals surface area contributed by atoms with Gasteiger partial charge in [0.05, 0.1) is 19.8 Å². The molecule has 0 atom stereocenters. The number of nitrogens with two attached hydrogens (primary N) is 1. The molecule has 0 bridgehead atoms. The summed E-state index contributed by atoms with van der Waals surface area (Å²) < 4.78 is 10.1. The van der Waals surface area contributed by atoms with Gasteiger partial charge in [-0.05, 0) is 6.07 Å². The van der Waals surface area contributed by atoms with Crippen molar-refractivity contribution >= 4 is 5.82 Å². The monoisotopic (exact) mass is 197 g/mol. The number of rotatable bonds is 6. The highest BCUT2D eigenvalue weighted by Gasteiger charge is 1.96. The van der Waals surface area contributed by atoms with Crippen molar-refractivity contribution in [3.8, 4) is 0 Å². The summed E-state index contributed by atoms with van der Waals surface area (Å²) in [5, 5.41) is 0. The Bertz CT molecular complexity index is 268. The molecule has 78 valence electrons. The normalized spacial score (nSPS) is 10.4. The third kappa shape index (κ3) is 4.15. The molecule has 5 nitrogen and oxygen atoms in total. The van der Waals surface area contributed by atoms with E-state index in [0.29, 0.717) is 37.9 Å². The van der Waals surface area contributed by atoms with Gasteiger partial charge in [0.2, 0.25) is 0 Å². The molecule has 0 saturated carbocycles. The van der Waals surface area contributed by atoms with E-state index in [-0.39, 0.29) is 0 Å². The van der Waals surface area contributed by atoms with E-state index in [4.69, 9.17) is 15.2 Å². The van der Waals surface area contributed by atoms with Crippen LogP contribution in [0.4, 0.5) is 5.82 Å². The maximum atomic E-state index is 5.50. The van der Waals surface area contributed by atoms with Crippen LogP contribution in [0.2, 0.25) is 0 Å². The zero-order valence-electron chi connectivity index (χ0n) is 8.27. The quantitative estimate of drug-likeness (QED) is 0.662. The summed E-state index contributed by atoms with van der Waals surface area (Å²) in [6.45, 7) is 1.80. The lowest BCUT2D eigenvalue weighted by atomic mass is 10.4. The molecule has 5 heteroatoms. The second-order valence-electron chi connectivity index (χ2n) is 2.75. The van der Waals surface area contributed by atoms with Gasteiger partial charge < -0.3 is 15.2 Å². The van der Waals surface area contributed by atoms with E-state index in [1.54, 1.807) is 19.4 Å². The highest BCUT2D eigenvalue weighted by atomic mass is 16.5. The Balaban J connectivity index is 2.18. The molecular weight excluding hydrogens is 182 g/mol. The lowest BCUT2D eigenvalue weighted by Crippen LogP contribution is -2.07. The molecular formula is C9H15N3O2. The van der Waals surface area contributed by atoms with E-state index in [1.165, 1.54) is 0 Å². The van der Waals surface area contributed by atoms with Gasteiger partial charge in [-0.1, -0.05) is 0 Å². The lowest BCUT2D eigenvalue weighted by Gasteiger charge is -2.02. The van der Waals surface area contributed by atoms with Crippen molar-refractivity contribution < 1.29 is 9.47 Å². The average Bonchev–Trinajstić information content (AvgIpc) is 2.18. The van der Waals surface area contributed by atoms with E-state index in [2.05, 4.69) is 9.97 Å². The molecule has 2 N–H and O–H groups in total. The van der Waals surface area contributed by atoms with Gasteiger partial charge in [0.15, 0.2) is 0 Å². The van der Waals surface area contributed by atoms with Crippen LogP contribution < -0.4 is 5.73 Å². The van der Waals surface area contributed by atoms with Crippen LogP contribution in [0.3, 0.4) is 0 Å². The summed E-state index contributed by atoms with van der Waals surface area (Å²) in [4.78, 5) is 8.10. The molecule has 0 radical (unpaired) electrons. The van der Waals surface area contributed by atoms with Crippen LogP contribution in [0.15, 0.2) is 12.3 Å². The summed E-state index contributed by atoms with van der Waals surface area (Å²) in [6.07, 6.45) is 2.32. The Kier molecular flexibility index (Phi) is 4.88. The van der Waals surface area contributed by atoms with E-state index in [1.807, 2.05) is 0 Å². The van der Waals surface area contributed by atoms with Gasteiger partial charge in [0, 0.05) is 19.7 Å². The smallest absolute Gasteiger partial charge is 0.132 e. The summed E-state index contributed by atoms with van der Waals surface area (Å²) in [5.41, 5.74) is 5.50. The van der Waals surface area contributed by atoms with Crippen molar-refractivity contribution in [3.63, 3.8) is 0 Å². The first kappa shape index (κ1) is 10.9. The van der Waals surface area contributed by atoms with Crippen molar-refractivity contribution in [1.82, 2.24) is 9.97 Å². The van der Waals surface area contributed by atoms with E-state index >= 15 is 0 Å². The molecule has 0 spiro atoms. The second kappa shape index (κ2) is 6.28. The minimum atomic E-state index is 0.492. The van der Waals surface area contributed by atoms with Crippen molar-refractivity contribution in [2.24, 2.45) is 0 Å². The highest BCUT2D eigenvalue weighted by molar-refractivity contribution is 5.24. The largest absolute Gasteiger partial charge is 0.384 e. The first-order chi connectivity index (χ1) is 6.83. The average molecular weight is 197 g/mol. The number of aromatic nitrogens is 2. The number of nitrogens with zero attached hydrogens (tertiary/aromatic N) is 2. The Morgan fingerprint density at radius 1 is 1.36 bits per heavy atom. The van der Waals surface area contributed by atoms with Crippen LogP contribution in [0, 0.1) is 0 Å². The maximum Gasteiger partial charge on any atom is 0.132 e. The fourth-order valence-electron chi connectivity index (χ4n) is 0.943. The molecule has 1 aromatic heterocycles. The first-order valence-corrected chi connectivity index (χ1v) is 4.47. The fraction of sp³-hybridized carbons (Fsp3) is 0.556. The third-order valence-electron chi connectivity index (χ3n) is 1.63. The van der Waals surface area contributed by atoms with E-state index in [0.717, 1.165) is 0 Å². The number of hydrogen-bond acceptors (Lipinski definition) is 5. The van der Waals surface area contributed by atoms with Crippen molar-refractivity contribution in [1.29, 1.82) is 0 Å². The van der Waals surface area contributed by atoms with Gasteiger partial charge in [-0.3, -0.25) is 0 Å². The summed E-state index contributed by atoms with van der Waals surface area (Å²) in [7, 11) is 1.64. The lowest BCUT2D eigenvalue weighted by molar-refractivity contribution is 0.0716. The Labute approximate surface area is 83.3 Å². The molecule has 1 heterocycles. The molecule has 1 rings (SSSR count). The van der Waals surface area contributed by atoms with Gasteiger partial charge in [0.1, 0.15) is 11.6 Å². The third-order valence-corrected chi connectivity index (χ3v) is 1.63. The summed E-state index contributed by atoms with van der Waals surface area (Å²) >= 11 is 0. The second-order valence-corrected chi connectivity index (χ2v) is 2.75. The minimum Gasteiger partial charge on any atom is -0.384 e. The van der Waals surface area contributed by atoms with Crippen molar-refractivity contribution in [3.05, 3.63) is 18.1 Å². The maximum absolute atomic E-state index is 5.50.